The molecule has 0 unspecified atom stereocenters. The standard InChI is InChI=1S/C70H83B2N3/c1-64(2,3)42-24-22-26-49(32-42)73-55-36-44(66(7,8)9)28-30-51(55)71-53-34-46(68(13,14)15)35-54-63(53)75(59-40-47(69(16,17)18)38-57(73)61(59)71)60-41-48(70(19,20)21)39-58-62(60)72(54)52-31-29-45(67(10,11)12)37-56(52)74(58)50-27-23-25-43(33-50)65(4,5)6/h22-41H,1-21H3. The Balaban J connectivity index is 1.33. The predicted molar refractivity (Wildman–Crippen MR) is 331 cm³/mol. The largest absolute Gasteiger partial charge is 0.312 e. The zero-order valence-electron chi connectivity index (χ0n) is 49.5. The van der Waals surface area contributed by atoms with Crippen molar-refractivity contribution in [3.63, 3.8) is 0 Å². The summed E-state index contributed by atoms with van der Waals surface area (Å²) in [6.07, 6.45) is 0. The number of anilines is 9. The Bertz CT molecular complexity index is 3290. The molecule has 0 radical (unpaired) electrons. The summed E-state index contributed by atoms with van der Waals surface area (Å²) in [5.74, 6) is 0. The molecule has 3 nitrogen and oxygen atoms in total. The first-order chi connectivity index (χ1) is 34.6. The Morgan fingerprint density at radius 2 is 0.533 bits per heavy atom. The molecule has 0 bridgehead atoms. The number of rotatable bonds is 2. The second-order valence-electron chi connectivity index (χ2n) is 30.1. The lowest BCUT2D eigenvalue weighted by atomic mass is 9.28. The molecule has 4 aliphatic rings. The predicted octanol–water partition coefficient (Wildman–Crippen LogP) is 15.5. The van der Waals surface area contributed by atoms with Crippen LogP contribution in [0.2, 0.25) is 0 Å². The molecule has 7 aromatic carbocycles. The zero-order valence-corrected chi connectivity index (χ0v) is 49.5. The molecule has 384 valence electrons. The molecule has 0 N–H and O–H groups in total. The van der Waals surface area contributed by atoms with E-state index in [1.54, 1.807) is 0 Å². The molecule has 0 aliphatic carbocycles. The first kappa shape index (κ1) is 51.2. The van der Waals surface area contributed by atoms with Crippen molar-refractivity contribution in [1.82, 2.24) is 0 Å². The number of hydrogen-bond acceptors (Lipinski definition) is 3. The number of benzene rings is 7. The highest BCUT2D eigenvalue weighted by Gasteiger charge is 2.52. The third-order valence-electron chi connectivity index (χ3n) is 17.3. The summed E-state index contributed by atoms with van der Waals surface area (Å²) in [4.78, 5) is 8.10. The van der Waals surface area contributed by atoms with Gasteiger partial charge in [0.2, 0.25) is 0 Å². The highest BCUT2D eigenvalue weighted by atomic mass is 15.2. The van der Waals surface area contributed by atoms with Crippen LogP contribution in [0.5, 0.6) is 0 Å². The van der Waals surface area contributed by atoms with E-state index >= 15 is 0 Å². The van der Waals surface area contributed by atoms with Crippen LogP contribution in [0.1, 0.15) is 184 Å². The van der Waals surface area contributed by atoms with E-state index < -0.39 is 0 Å². The molecular weight excluding hydrogens is 904 g/mol. The van der Waals surface area contributed by atoms with Gasteiger partial charge in [0.1, 0.15) is 0 Å². The fourth-order valence-electron chi connectivity index (χ4n) is 12.5. The highest BCUT2D eigenvalue weighted by molar-refractivity contribution is 7.04. The maximum Gasteiger partial charge on any atom is 0.252 e. The molecule has 0 amide bonds. The Morgan fingerprint density at radius 1 is 0.253 bits per heavy atom. The third kappa shape index (κ3) is 8.22. The minimum Gasteiger partial charge on any atom is -0.312 e. The maximum atomic E-state index is 2.78. The van der Waals surface area contributed by atoms with Crippen LogP contribution in [0.25, 0.3) is 0 Å². The Kier molecular flexibility index (Phi) is 11.1. The van der Waals surface area contributed by atoms with Gasteiger partial charge in [0.05, 0.1) is 0 Å². The van der Waals surface area contributed by atoms with Crippen molar-refractivity contribution in [2.75, 3.05) is 14.7 Å². The molecule has 0 aromatic heterocycles. The van der Waals surface area contributed by atoms with Crippen LogP contribution in [0.3, 0.4) is 0 Å². The molecule has 0 spiro atoms. The van der Waals surface area contributed by atoms with Gasteiger partial charge in [0.25, 0.3) is 13.4 Å². The number of fused-ring (bicyclic) bond motifs is 8. The fourth-order valence-corrected chi connectivity index (χ4v) is 12.5. The van der Waals surface area contributed by atoms with E-state index in [4.69, 9.17) is 0 Å². The van der Waals surface area contributed by atoms with Crippen molar-refractivity contribution < 1.29 is 0 Å². The molecule has 0 saturated heterocycles. The zero-order chi connectivity index (χ0) is 54.2. The van der Waals surface area contributed by atoms with Crippen LogP contribution in [0.15, 0.2) is 121 Å². The van der Waals surface area contributed by atoms with Crippen molar-refractivity contribution in [2.24, 2.45) is 0 Å². The topological polar surface area (TPSA) is 9.72 Å². The van der Waals surface area contributed by atoms with E-state index in [1.807, 2.05) is 0 Å². The van der Waals surface area contributed by atoms with Crippen LogP contribution in [0, 0.1) is 0 Å². The molecule has 5 heteroatoms. The molecule has 0 saturated carbocycles. The molecular formula is C70H83B2N3. The van der Waals surface area contributed by atoms with Crippen molar-refractivity contribution in [3.8, 4) is 0 Å². The number of nitrogens with zero attached hydrogens (tertiary/aromatic N) is 3. The summed E-state index contributed by atoms with van der Waals surface area (Å²) in [5.41, 5.74) is 28.7. The second-order valence-corrected chi connectivity index (χ2v) is 30.1. The molecule has 0 fully saturated rings. The molecule has 7 aromatic rings. The maximum absolute atomic E-state index is 2.78. The fraction of sp³-hybridized carbons (Fsp3) is 0.400. The van der Waals surface area contributed by atoms with Gasteiger partial charge in [-0.1, -0.05) is 206 Å². The first-order valence-corrected chi connectivity index (χ1v) is 28.1. The lowest BCUT2D eigenvalue weighted by Gasteiger charge is -2.51. The van der Waals surface area contributed by atoms with E-state index in [1.165, 1.54) is 123 Å². The molecule has 75 heavy (non-hydrogen) atoms. The second kappa shape index (κ2) is 16.3. The Hall–Kier alpha value is -5.93. The summed E-state index contributed by atoms with van der Waals surface area (Å²) in [5, 5.41) is 0. The smallest absolute Gasteiger partial charge is 0.252 e. The average molecular weight is 988 g/mol. The SMILES string of the molecule is CC(C)(C)c1cccc(N2c3cc(C(C)(C)C)ccc3B3c4cc(C(C)(C)C)cc5c4N(c4cc(C(C)(C)C)cc2c43)c2cc(C(C)(C)C)cc3c2B5c2ccc(C(C)(C)C)cc2N3c2cccc(C(C)(C)C)c2)c1. The quantitative estimate of drug-likeness (QED) is 0.160. The lowest BCUT2D eigenvalue weighted by Crippen LogP contribution is -2.68. The summed E-state index contributed by atoms with van der Waals surface area (Å²) >= 11 is 0. The van der Waals surface area contributed by atoms with Gasteiger partial charge in [-0.2, -0.15) is 0 Å². The van der Waals surface area contributed by atoms with Gasteiger partial charge in [0.15, 0.2) is 0 Å². The summed E-state index contributed by atoms with van der Waals surface area (Å²) in [7, 11) is 0. The van der Waals surface area contributed by atoms with E-state index in [-0.39, 0.29) is 51.3 Å². The first-order valence-electron chi connectivity index (χ1n) is 28.1. The van der Waals surface area contributed by atoms with Gasteiger partial charge in [-0.3, -0.25) is 0 Å². The molecule has 4 aliphatic heterocycles. The minimum atomic E-state index is -0.143. The van der Waals surface area contributed by atoms with Crippen molar-refractivity contribution >= 4 is 97.4 Å². The molecule has 0 atom stereocenters. The van der Waals surface area contributed by atoms with E-state index in [9.17, 15) is 0 Å². The van der Waals surface area contributed by atoms with Crippen LogP contribution in [0.4, 0.5) is 51.2 Å². The monoisotopic (exact) mass is 988 g/mol. The van der Waals surface area contributed by atoms with Crippen molar-refractivity contribution in [2.45, 2.75) is 183 Å². The third-order valence-corrected chi connectivity index (χ3v) is 17.3. The Morgan fingerprint density at radius 3 is 0.853 bits per heavy atom. The average Bonchev–Trinajstić information content (AvgIpc) is 3.38. The highest BCUT2D eigenvalue weighted by Crippen LogP contribution is 2.51. The van der Waals surface area contributed by atoms with Gasteiger partial charge in [-0.25, -0.2) is 0 Å². The van der Waals surface area contributed by atoms with Gasteiger partial charge >= 0.3 is 0 Å². The van der Waals surface area contributed by atoms with Crippen molar-refractivity contribution in [1.29, 1.82) is 0 Å². The summed E-state index contributed by atoms with van der Waals surface area (Å²) < 4.78 is 0. The van der Waals surface area contributed by atoms with Gasteiger partial charge in [-0.15, -0.1) is 0 Å². The summed E-state index contributed by atoms with van der Waals surface area (Å²) in [6, 6.07) is 49.4. The van der Waals surface area contributed by atoms with E-state index in [0.717, 1.165) is 0 Å². The van der Waals surface area contributed by atoms with Gasteiger partial charge in [0, 0.05) is 51.2 Å². The minimum absolute atomic E-state index is 0.00262. The normalized spacial score (nSPS) is 15.1. The van der Waals surface area contributed by atoms with Gasteiger partial charge in [-0.05, 0) is 170 Å². The Labute approximate surface area is 453 Å². The van der Waals surface area contributed by atoms with Crippen LogP contribution in [-0.2, 0) is 37.9 Å². The summed E-state index contributed by atoms with van der Waals surface area (Å²) in [6.45, 7) is 49.8. The number of hydrogen-bond donors (Lipinski definition) is 0. The van der Waals surface area contributed by atoms with Crippen LogP contribution < -0.4 is 47.5 Å². The molecule has 11 rings (SSSR count). The van der Waals surface area contributed by atoms with E-state index in [2.05, 4.69) is 281 Å². The van der Waals surface area contributed by atoms with E-state index in [0.29, 0.717) is 0 Å². The van der Waals surface area contributed by atoms with Crippen molar-refractivity contribution in [3.05, 3.63) is 160 Å². The van der Waals surface area contributed by atoms with Crippen LogP contribution >= 0.6 is 0 Å². The molecule has 4 heterocycles. The van der Waals surface area contributed by atoms with Crippen LogP contribution in [-0.4, -0.2) is 13.4 Å². The van der Waals surface area contributed by atoms with Gasteiger partial charge < -0.3 is 14.7 Å². The lowest BCUT2D eigenvalue weighted by molar-refractivity contribution is 0.589.